The lowest BCUT2D eigenvalue weighted by molar-refractivity contribution is 0.900. The van der Waals surface area contributed by atoms with Gasteiger partial charge in [-0.1, -0.05) is 54.6 Å². The first-order valence-corrected chi connectivity index (χ1v) is 6.98. The second kappa shape index (κ2) is 4.19. The van der Waals surface area contributed by atoms with E-state index in [4.69, 9.17) is 11.6 Å². The van der Waals surface area contributed by atoms with Crippen LogP contribution in [0.4, 0.5) is 0 Å². The third-order valence-corrected chi connectivity index (χ3v) is 4.57. The number of nitrogens with zero attached hydrogens (tertiary/aromatic N) is 1. The molecule has 0 aliphatic heterocycles. The molecule has 0 radical (unpaired) electrons. The minimum absolute atomic E-state index is 0.637. The molecule has 0 unspecified atom stereocenters. The van der Waals surface area contributed by atoms with Gasteiger partial charge in [-0.25, -0.2) is 0 Å². The molecule has 20 heavy (non-hydrogen) atoms. The van der Waals surface area contributed by atoms with Crippen molar-refractivity contribution in [3.8, 4) is 11.1 Å². The van der Waals surface area contributed by atoms with E-state index in [0.717, 1.165) is 16.7 Å². The maximum absolute atomic E-state index is 7.12. The van der Waals surface area contributed by atoms with Gasteiger partial charge in [0.2, 0.25) is 0 Å². The van der Waals surface area contributed by atoms with Gasteiger partial charge in [0.1, 0.15) is 4.87 Å². The lowest BCUT2D eigenvalue weighted by Crippen LogP contribution is -2.19. The fourth-order valence-electron chi connectivity index (χ4n) is 3.06. The fraction of sp³-hybridized carbons (Fsp3) is 0.0556. The molecule has 0 saturated heterocycles. The zero-order valence-corrected chi connectivity index (χ0v) is 11.5. The highest BCUT2D eigenvalue weighted by atomic mass is 35.5. The summed E-state index contributed by atoms with van der Waals surface area (Å²) in [6, 6.07) is 20.6. The van der Waals surface area contributed by atoms with Crippen molar-refractivity contribution in [2.24, 2.45) is 0 Å². The number of alkyl halides is 1. The van der Waals surface area contributed by atoms with Crippen LogP contribution in [0.15, 0.2) is 73.1 Å². The van der Waals surface area contributed by atoms with Gasteiger partial charge >= 0.3 is 0 Å². The normalized spacial score (nSPS) is 14.7. The number of aromatic nitrogens is 1. The number of pyridine rings is 1. The van der Waals surface area contributed by atoms with Gasteiger partial charge in [-0.2, -0.15) is 0 Å². The third kappa shape index (κ3) is 1.41. The molecule has 0 saturated carbocycles. The number of hydrogen-bond acceptors (Lipinski definition) is 1. The maximum Gasteiger partial charge on any atom is 0.122 e. The molecule has 0 fully saturated rings. The van der Waals surface area contributed by atoms with E-state index in [-0.39, 0.29) is 0 Å². The first-order valence-electron chi connectivity index (χ1n) is 6.60. The van der Waals surface area contributed by atoms with Gasteiger partial charge in [-0.05, 0) is 28.3 Å². The van der Waals surface area contributed by atoms with Crippen molar-refractivity contribution in [2.45, 2.75) is 4.87 Å². The molecule has 4 rings (SSSR count). The average molecular weight is 278 g/mol. The molecule has 1 heterocycles. The van der Waals surface area contributed by atoms with Crippen LogP contribution in [0, 0.1) is 0 Å². The monoisotopic (exact) mass is 277 g/mol. The summed E-state index contributed by atoms with van der Waals surface area (Å²) in [5, 5.41) is 0. The quantitative estimate of drug-likeness (QED) is 0.593. The van der Waals surface area contributed by atoms with Gasteiger partial charge in [0.15, 0.2) is 0 Å². The lowest BCUT2D eigenvalue weighted by Gasteiger charge is -2.24. The number of halogens is 1. The number of rotatable bonds is 1. The first-order chi connectivity index (χ1) is 9.82. The van der Waals surface area contributed by atoms with E-state index >= 15 is 0 Å². The molecular weight excluding hydrogens is 266 g/mol. The van der Waals surface area contributed by atoms with E-state index in [1.807, 2.05) is 30.5 Å². The van der Waals surface area contributed by atoms with E-state index in [1.54, 1.807) is 6.20 Å². The zero-order chi connectivity index (χ0) is 13.6. The van der Waals surface area contributed by atoms with E-state index < -0.39 is 4.87 Å². The summed E-state index contributed by atoms with van der Waals surface area (Å²) >= 11 is 7.12. The van der Waals surface area contributed by atoms with Crippen LogP contribution in [0.5, 0.6) is 0 Å². The molecule has 96 valence electrons. The second-order valence-electron chi connectivity index (χ2n) is 4.99. The summed E-state index contributed by atoms with van der Waals surface area (Å²) in [6.07, 6.45) is 3.63. The van der Waals surface area contributed by atoms with E-state index in [1.165, 1.54) is 11.1 Å². The van der Waals surface area contributed by atoms with Crippen LogP contribution in [0.25, 0.3) is 11.1 Å². The topological polar surface area (TPSA) is 12.9 Å². The summed E-state index contributed by atoms with van der Waals surface area (Å²) < 4.78 is 0. The summed E-state index contributed by atoms with van der Waals surface area (Å²) in [4.78, 5) is 3.60. The van der Waals surface area contributed by atoms with Crippen LogP contribution in [0.1, 0.15) is 16.7 Å². The Morgan fingerprint density at radius 1 is 0.750 bits per heavy atom. The molecule has 0 amide bonds. The summed E-state index contributed by atoms with van der Waals surface area (Å²) in [6.45, 7) is 0. The van der Waals surface area contributed by atoms with Gasteiger partial charge in [0.05, 0.1) is 0 Å². The number of fused-ring (bicyclic) bond motifs is 3. The van der Waals surface area contributed by atoms with Crippen LogP contribution in [-0.2, 0) is 4.87 Å². The Bertz CT molecular complexity index is 735. The smallest absolute Gasteiger partial charge is 0.122 e. The zero-order valence-electron chi connectivity index (χ0n) is 10.8. The van der Waals surface area contributed by atoms with E-state index in [2.05, 4.69) is 41.4 Å². The highest BCUT2D eigenvalue weighted by Gasteiger charge is 2.42. The Balaban J connectivity index is 2.10. The molecule has 0 bridgehead atoms. The minimum atomic E-state index is -0.637. The molecule has 2 heteroatoms. The van der Waals surface area contributed by atoms with Crippen molar-refractivity contribution in [2.75, 3.05) is 0 Å². The Morgan fingerprint density at radius 3 is 1.90 bits per heavy atom. The first kappa shape index (κ1) is 11.7. The molecule has 0 spiro atoms. The van der Waals surface area contributed by atoms with Crippen LogP contribution >= 0.6 is 11.6 Å². The van der Waals surface area contributed by atoms with Crippen molar-refractivity contribution in [3.63, 3.8) is 0 Å². The molecule has 1 aliphatic rings. The standard InChI is InChI=1S/C18H12ClN/c19-18(13-6-5-11-20-12-13)16-9-3-1-7-14(16)15-8-2-4-10-17(15)18/h1-12H. The van der Waals surface area contributed by atoms with Crippen LogP contribution in [-0.4, -0.2) is 4.98 Å². The molecule has 1 aliphatic carbocycles. The molecule has 1 nitrogen and oxygen atoms in total. The Hall–Kier alpha value is -2.12. The van der Waals surface area contributed by atoms with Crippen molar-refractivity contribution >= 4 is 11.6 Å². The van der Waals surface area contributed by atoms with Gasteiger partial charge in [0, 0.05) is 18.0 Å². The maximum atomic E-state index is 7.12. The SMILES string of the molecule is ClC1(c2cccnc2)c2ccccc2-c2ccccc21. The molecule has 1 aromatic heterocycles. The van der Waals surface area contributed by atoms with Crippen molar-refractivity contribution in [1.29, 1.82) is 0 Å². The van der Waals surface area contributed by atoms with Crippen molar-refractivity contribution in [1.82, 2.24) is 4.98 Å². The molecule has 2 aromatic carbocycles. The average Bonchev–Trinajstić information content (AvgIpc) is 2.80. The number of benzene rings is 2. The van der Waals surface area contributed by atoms with Crippen LogP contribution < -0.4 is 0 Å². The van der Waals surface area contributed by atoms with Crippen LogP contribution in [0.3, 0.4) is 0 Å². The van der Waals surface area contributed by atoms with Crippen molar-refractivity contribution in [3.05, 3.63) is 89.7 Å². The number of hydrogen-bond donors (Lipinski definition) is 0. The summed E-state index contributed by atoms with van der Waals surface area (Å²) in [5.41, 5.74) is 5.70. The van der Waals surface area contributed by atoms with E-state index in [9.17, 15) is 0 Å². The Labute approximate surface area is 122 Å². The predicted molar refractivity (Wildman–Crippen MR) is 81.9 cm³/mol. The van der Waals surface area contributed by atoms with Crippen LogP contribution in [0.2, 0.25) is 0 Å². The van der Waals surface area contributed by atoms with Crippen molar-refractivity contribution < 1.29 is 0 Å². The highest BCUT2D eigenvalue weighted by Crippen LogP contribution is 2.54. The summed E-state index contributed by atoms with van der Waals surface area (Å²) in [7, 11) is 0. The Kier molecular flexibility index (Phi) is 2.45. The van der Waals surface area contributed by atoms with Gasteiger partial charge in [0.25, 0.3) is 0 Å². The Morgan fingerprint density at radius 2 is 1.35 bits per heavy atom. The largest absolute Gasteiger partial charge is 0.264 e. The highest BCUT2D eigenvalue weighted by molar-refractivity contribution is 6.30. The van der Waals surface area contributed by atoms with Gasteiger partial charge < -0.3 is 0 Å². The predicted octanol–water partition coefficient (Wildman–Crippen LogP) is 4.59. The third-order valence-electron chi connectivity index (χ3n) is 3.95. The van der Waals surface area contributed by atoms with Gasteiger partial charge in [-0.3, -0.25) is 4.98 Å². The summed E-state index contributed by atoms with van der Waals surface area (Å²) in [5.74, 6) is 0. The second-order valence-corrected chi connectivity index (χ2v) is 5.56. The van der Waals surface area contributed by atoms with Gasteiger partial charge in [-0.15, -0.1) is 11.6 Å². The van der Waals surface area contributed by atoms with E-state index in [0.29, 0.717) is 0 Å². The lowest BCUT2D eigenvalue weighted by atomic mass is 9.89. The molecule has 0 atom stereocenters. The molecule has 0 N–H and O–H groups in total. The molecule has 3 aromatic rings. The molecular formula is C18H12ClN. The fourth-order valence-corrected chi connectivity index (χ4v) is 3.50. The minimum Gasteiger partial charge on any atom is -0.264 e.